The van der Waals surface area contributed by atoms with Crippen molar-refractivity contribution in [3.63, 3.8) is 0 Å². The van der Waals surface area contributed by atoms with Gasteiger partial charge in [0.15, 0.2) is 5.69 Å². The summed E-state index contributed by atoms with van der Waals surface area (Å²) in [4.78, 5) is 22.2. The number of hydrogen-bond donors (Lipinski definition) is 3. The summed E-state index contributed by atoms with van der Waals surface area (Å²) >= 11 is 0. The predicted molar refractivity (Wildman–Crippen MR) is 72.1 cm³/mol. The molecule has 1 amide bonds. The average molecular weight is 283 g/mol. The van der Waals surface area contributed by atoms with E-state index in [-0.39, 0.29) is 11.6 Å². The van der Waals surface area contributed by atoms with Crippen molar-refractivity contribution >= 4 is 11.9 Å². The molecule has 8 nitrogen and oxygen atoms in total. The molecule has 0 spiro atoms. The third-order valence-electron chi connectivity index (χ3n) is 2.94. The third kappa shape index (κ3) is 5.79. The normalized spacial score (nSPS) is 12.1. The van der Waals surface area contributed by atoms with E-state index in [2.05, 4.69) is 22.6 Å². The van der Waals surface area contributed by atoms with E-state index in [1.54, 1.807) is 0 Å². The number of nitrogens with zero attached hydrogens (tertiary/aromatic N) is 3. The third-order valence-corrected chi connectivity index (χ3v) is 2.94. The van der Waals surface area contributed by atoms with Gasteiger partial charge in [-0.3, -0.25) is 4.79 Å². The summed E-state index contributed by atoms with van der Waals surface area (Å²) in [5.41, 5.74) is 5.34. The summed E-state index contributed by atoms with van der Waals surface area (Å²) < 4.78 is 1.39. The summed E-state index contributed by atoms with van der Waals surface area (Å²) in [5.74, 6) is -0.694. The van der Waals surface area contributed by atoms with Gasteiger partial charge in [-0.2, -0.15) is 0 Å². The Morgan fingerprint density at radius 2 is 2.25 bits per heavy atom. The van der Waals surface area contributed by atoms with E-state index in [1.807, 2.05) is 0 Å². The summed E-state index contributed by atoms with van der Waals surface area (Å²) in [5, 5.41) is 18.6. The minimum atomic E-state index is -1.12. The van der Waals surface area contributed by atoms with Gasteiger partial charge in [-0.05, 0) is 25.3 Å². The molecule has 20 heavy (non-hydrogen) atoms. The van der Waals surface area contributed by atoms with Crippen molar-refractivity contribution in [1.29, 1.82) is 0 Å². The highest BCUT2D eigenvalue weighted by atomic mass is 16.4. The Morgan fingerprint density at radius 1 is 1.50 bits per heavy atom. The standard InChI is InChI=1S/C12H21N5O3/c1-9(4-5-13)2-3-11(18)14-6-7-17-8-10(12(19)20)15-16-17/h8-9H,2-7,13H2,1H3,(H,14,18)(H,19,20). The summed E-state index contributed by atoms with van der Waals surface area (Å²) in [6, 6.07) is 0. The van der Waals surface area contributed by atoms with E-state index in [0.717, 1.165) is 12.8 Å². The Hall–Kier alpha value is -1.96. The molecule has 0 bridgehead atoms. The van der Waals surface area contributed by atoms with Gasteiger partial charge in [0.05, 0.1) is 12.7 Å². The van der Waals surface area contributed by atoms with Crippen molar-refractivity contribution in [2.24, 2.45) is 11.7 Å². The second-order valence-electron chi connectivity index (χ2n) is 4.74. The number of rotatable bonds is 9. The van der Waals surface area contributed by atoms with Gasteiger partial charge < -0.3 is 16.2 Å². The van der Waals surface area contributed by atoms with Crippen LogP contribution in [-0.2, 0) is 11.3 Å². The average Bonchev–Trinajstić information content (AvgIpc) is 2.86. The molecule has 1 unspecified atom stereocenters. The lowest BCUT2D eigenvalue weighted by Gasteiger charge is -2.09. The van der Waals surface area contributed by atoms with Crippen LogP contribution < -0.4 is 11.1 Å². The molecule has 1 aromatic rings. The van der Waals surface area contributed by atoms with Crippen LogP contribution in [0.1, 0.15) is 36.7 Å². The van der Waals surface area contributed by atoms with Crippen LogP contribution in [0.25, 0.3) is 0 Å². The molecule has 1 atom stereocenters. The maximum absolute atomic E-state index is 11.6. The monoisotopic (exact) mass is 283 g/mol. The predicted octanol–water partition coefficient (Wildman–Crippen LogP) is -0.142. The topological polar surface area (TPSA) is 123 Å². The Morgan fingerprint density at radius 3 is 2.85 bits per heavy atom. The molecule has 1 rings (SSSR count). The van der Waals surface area contributed by atoms with Crippen molar-refractivity contribution < 1.29 is 14.7 Å². The van der Waals surface area contributed by atoms with E-state index in [4.69, 9.17) is 10.8 Å². The molecule has 0 aliphatic carbocycles. The maximum Gasteiger partial charge on any atom is 0.358 e. The van der Waals surface area contributed by atoms with Gasteiger partial charge in [-0.1, -0.05) is 12.1 Å². The van der Waals surface area contributed by atoms with Crippen LogP contribution in [0, 0.1) is 5.92 Å². The Balaban J connectivity index is 2.19. The van der Waals surface area contributed by atoms with Crippen molar-refractivity contribution in [2.75, 3.05) is 13.1 Å². The second-order valence-corrected chi connectivity index (χ2v) is 4.74. The lowest BCUT2D eigenvalue weighted by molar-refractivity contribution is -0.121. The number of nitrogens with two attached hydrogens (primary N) is 1. The quantitative estimate of drug-likeness (QED) is 0.579. The zero-order valence-corrected chi connectivity index (χ0v) is 11.6. The number of carboxylic acid groups (broad SMARTS) is 1. The number of aromatic carboxylic acids is 1. The first-order chi connectivity index (χ1) is 9.52. The van der Waals surface area contributed by atoms with Crippen LogP contribution in [0.3, 0.4) is 0 Å². The van der Waals surface area contributed by atoms with Gasteiger partial charge in [0.1, 0.15) is 0 Å². The fraction of sp³-hybridized carbons (Fsp3) is 0.667. The SMILES string of the molecule is CC(CCN)CCC(=O)NCCn1cc(C(=O)O)nn1. The molecular weight excluding hydrogens is 262 g/mol. The molecule has 112 valence electrons. The Bertz CT molecular complexity index is 446. The van der Waals surface area contributed by atoms with Crippen LogP contribution in [0.4, 0.5) is 0 Å². The first-order valence-electron chi connectivity index (χ1n) is 6.63. The Labute approximate surface area is 117 Å². The smallest absolute Gasteiger partial charge is 0.358 e. The number of hydrogen-bond acceptors (Lipinski definition) is 5. The minimum absolute atomic E-state index is 0.0209. The summed E-state index contributed by atoms with van der Waals surface area (Å²) in [7, 11) is 0. The molecule has 0 aliphatic rings. The number of carbonyl (C=O) groups excluding carboxylic acids is 1. The van der Waals surface area contributed by atoms with Crippen LogP contribution in [-0.4, -0.2) is 45.1 Å². The highest BCUT2D eigenvalue weighted by Gasteiger charge is 2.09. The van der Waals surface area contributed by atoms with Crippen LogP contribution >= 0.6 is 0 Å². The van der Waals surface area contributed by atoms with Crippen molar-refractivity contribution in [2.45, 2.75) is 32.7 Å². The number of nitrogens with one attached hydrogen (secondary N) is 1. The summed E-state index contributed by atoms with van der Waals surface area (Å²) in [6.07, 6.45) is 3.54. The molecule has 1 heterocycles. The molecule has 8 heteroatoms. The maximum atomic E-state index is 11.6. The van der Waals surface area contributed by atoms with E-state index < -0.39 is 5.97 Å². The molecule has 0 aliphatic heterocycles. The van der Waals surface area contributed by atoms with E-state index in [9.17, 15) is 9.59 Å². The highest BCUT2D eigenvalue weighted by Crippen LogP contribution is 2.08. The van der Waals surface area contributed by atoms with Gasteiger partial charge >= 0.3 is 5.97 Å². The van der Waals surface area contributed by atoms with Crippen LogP contribution in [0.2, 0.25) is 0 Å². The zero-order chi connectivity index (χ0) is 15.0. The molecule has 4 N–H and O–H groups in total. The summed E-state index contributed by atoms with van der Waals surface area (Å²) in [6.45, 7) is 3.50. The highest BCUT2D eigenvalue weighted by molar-refractivity contribution is 5.84. The number of aromatic nitrogens is 3. The fourth-order valence-electron chi connectivity index (χ4n) is 1.71. The first kappa shape index (κ1) is 16.1. The molecule has 0 saturated heterocycles. The number of amides is 1. The molecule has 1 aromatic heterocycles. The van der Waals surface area contributed by atoms with Gasteiger partial charge in [-0.15, -0.1) is 5.10 Å². The number of carbonyl (C=O) groups is 2. The van der Waals surface area contributed by atoms with Crippen molar-refractivity contribution in [1.82, 2.24) is 20.3 Å². The lowest BCUT2D eigenvalue weighted by atomic mass is 10.0. The van der Waals surface area contributed by atoms with E-state index >= 15 is 0 Å². The molecule has 0 saturated carbocycles. The van der Waals surface area contributed by atoms with Crippen LogP contribution in [0.5, 0.6) is 0 Å². The van der Waals surface area contributed by atoms with Crippen LogP contribution in [0.15, 0.2) is 6.20 Å². The van der Waals surface area contributed by atoms with Crippen molar-refractivity contribution in [3.05, 3.63) is 11.9 Å². The Kier molecular flexibility index (Phi) is 6.65. The zero-order valence-electron chi connectivity index (χ0n) is 11.6. The fourth-order valence-corrected chi connectivity index (χ4v) is 1.71. The van der Waals surface area contributed by atoms with Gasteiger partial charge in [-0.25, -0.2) is 9.48 Å². The van der Waals surface area contributed by atoms with Gasteiger partial charge in [0, 0.05) is 13.0 Å². The first-order valence-corrected chi connectivity index (χ1v) is 6.63. The van der Waals surface area contributed by atoms with Gasteiger partial charge in [0.25, 0.3) is 0 Å². The molecular formula is C12H21N5O3. The van der Waals surface area contributed by atoms with Crippen molar-refractivity contribution in [3.8, 4) is 0 Å². The van der Waals surface area contributed by atoms with Gasteiger partial charge in [0.2, 0.25) is 5.91 Å². The second kappa shape index (κ2) is 8.26. The molecule has 0 radical (unpaired) electrons. The van der Waals surface area contributed by atoms with E-state index in [1.165, 1.54) is 10.9 Å². The minimum Gasteiger partial charge on any atom is -0.476 e. The largest absolute Gasteiger partial charge is 0.476 e. The molecule has 0 fully saturated rings. The number of carboxylic acids is 1. The molecule has 0 aromatic carbocycles. The lowest BCUT2D eigenvalue weighted by Crippen LogP contribution is -2.27. The van der Waals surface area contributed by atoms with E-state index in [0.29, 0.717) is 32.0 Å².